The summed E-state index contributed by atoms with van der Waals surface area (Å²) in [5.41, 5.74) is 5.90. The van der Waals surface area contributed by atoms with Gasteiger partial charge in [-0.2, -0.15) is 0 Å². The largest absolute Gasteiger partial charge is 0.414 e. The van der Waals surface area contributed by atoms with Crippen molar-refractivity contribution in [3.8, 4) is 0 Å². The maximum atomic E-state index is 6.32. The van der Waals surface area contributed by atoms with Crippen LogP contribution in [0.5, 0.6) is 0 Å². The van der Waals surface area contributed by atoms with Gasteiger partial charge in [0.2, 0.25) is 0 Å². The van der Waals surface area contributed by atoms with Gasteiger partial charge in [0.15, 0.2) is 8.32 Å². The van der Waals surface area contributed by atoms with Crippen LogP contribution in [0, 0.1) is 5.92 Å². The molecule has 0 bridgehead atoms. The second-order valence-electron chi connectivity index (χ2n) is 6.01. The van der Waals surface area contributed by atoms with Gasteiger partial charge in [0, 0.05) is 12.1 Å². The van der Waals surface area contributed by atoms with E-state index in [0.717, 1.165) is 18.8 Å². The van der Waals surface area contributed by atoms with Gasteiger partial charge in [-0.25, -0.2) is 0 Å². The van der Waals surface area contributed by atoms with Crippen molar-refractivity contribution in [2.75, 3.05) is 0 Å². The smallest absolute Gasteiger partial charge is 0.187 e. The van der Waals surface area contributed by atoms with E-state index in [1.165, 1.54) is 18.9 Å². The molecule has 0 spiro atoms. The molecule has 1 saturated carbocycles. The summed E-state index contributed by atoms with van der Waals surface area (Å²) in [4.78, 5) is 0. The molecule has 2 N–H and O–H groups in total. The van der Waals surface area contributed by atoms with E-state index < -0.39 is 8.32 Å². The summed E-state index contributed by atoms with van der Waals surface area (Å²) in [5.74, 6) is 0.762. The van der Waals surface area contributed by atoms with Crippen molar-refractivity contribution in [1.29, 1.82) is 0 Å². The van der Waals surface area contributed by atoms with Crippen LogP contribution < -0.4 is 5.73 Å². The first-order chi connectivity index (χ1) is 6.89. The molecule has 15 heavy (non-hydrogen) atoms. The predicted octanol–water partition coefficient (Wildman–Crippen LogP) is 3.13. The summed E-state index contributed by atoms with van der Waals surface area (Å²) in [6.07, 6.45) is 5.16. The highest BCUT2D eigenvalue weighted by molar-refractivity contribution is 6.71. The fourth-order valence-electron chi connectivity index (χ4n) is 2.69. The summed E-state index contributed by atoms with van der Waals surface area (Å²) in [7, 11) is -1.42. The molecule has 1 aliphatic rings. The second kappa shape index (κ2) is 5.46. The summed E-state index contributed by atoms with van der Waals surface area (Å²) >= 11 is 0. The predicted molar refractivity (Wildman–Crippen MR) is 68.4 cm³/mol. The van der Waals surface area contributed by atoms with Crippen molar-refractivity contribution in [1.82, 2.24) is 0 Å². The van der Waals surface area contributed by atoms with Gasteiger partial charge in [-0.3, -0.25) is 0 Å². The Morgan fingerprint density at radius 3 is 2.20 bits per heavy atom. The second-order valence-corrected chi connectivity index (χ2v) is 10.2. The molecule has 1 rings (SSSR count). The first-order valence-corrected chi connectivity index (χ1v) is 9.44. The minimum absolute atomic E-state index is 0.430. The molecule has 0 amide bonds. The van der Waals surface area contributed by atoms with Crippen LogP contribution in [0.4, 0.5) is 0 Å². The lowest BCUT2D eigenvalue weighted by molar-refractivity contribution is 0.137. The topological polar surface area (TPSA) is 35.2 Å². The highest BCUT2D eigenvalue weighted by atomic mass is 28.4. The molecule has 1 fully saturated rings. The van der Waals surface area contributed by atoms with Crippen LogP contribution in [0.1, 0.15) is 39.5 Å². The molecule has 90 valence electrons. The van der Waals surface area contributed by atoms with Crippen molar-refractivity contribution in [3.63, 3.8) is 0 Å². The third kappa shape index (κ3) is 5.14. The van der Waals surface area contributed by atoms with Crippen molar-refractivity contribution in [2.45, 2.75) is 70.8 Å². The van der Waals surface area contributed by atoms with Gasteiger partial charge in [0.1, 0.15) is 0 Å². The van der Waals surface area contributed by atoms with Gasteiger partial charge in [-0.1, -0.05) is 13.8 Å². The Labute approximate surface area is 95.7 Å². The summed E-state index contributed by atoms with van der Waals surface area (Å²) in [6, 6.07) is 1.70. The Bertz CT molecular complexity index is 186. The zero-order valence-corrected chi connectivity index (χ0v) is 11.8. The zero-order chi connectivity index (χ0) is 11.5. The Morgan fingerprint density at radius 1 is 1.20 bits per heavy atom. The molecule has 0 heterocycles. The van der Waals surface area contributed by atoms with Crippen LogP contribution in [-0.4, -0.2) is 20.5 Å². The molecule has 0 radical (unpaired) electrons. The van der Waals surface area contributed by atoms with Gasteiger partial charge in [0.25, 0.3) is 0 Å². The monoisotopic (exact) mass is 229 g/mol. The molecule has 0 aliphatic heterocycles. The molecule has 0 aromatic carbocycles. The Balaban J connectivity index is 2.33. The SMILES string of the molecule is CC(C)C[Si](C)(C)OC1CCC(N)CC1. The lowest BCUT2D eigenvalue weighted by atomic mass is 9.94. The van der Waals surface area contributed by atoms with Crippen LogP contribution >= 0.6 is 0 Å². The molecule has 0 saturated heterocycles. The molecule has 3 heteroatoms. The average Bonchev–Trinajstić information content (AvgIpc) is 2.06. The third-order valence-corrected chi connectivity index (χ3v) is 5.88. The summed E-state index contributed by atoms with van der Waals surface area (Å²) in [6.45, 7) is 9.27. The molecular formula is C12H27NOSi. The lowest BCUT2D eigenvalue weighted by Crippen LogP contribution is -2.40. The number of rotatable bonds is 4. The molecule has 0 aromatic rings. The van der Waals surface area contributed by atoms with E-state index >= 15 is 0 Å². The van der Waals surface area contributed by atoms with Gasteiger partial charge < -0.3 is 10.2 Å². The van der Waals surface area contributed by atoms with Crippen molar-refractivity contribution >= 4 is 8.32 Å². The van der Waals surface area contributed by atoms with Crippen LogP contribution in [0.2, 0.25) is 19.1 Å². The highest BCUT2D eigenvalue weighted by Crippen LogP contribution is 2.26. The maximum Gasteiger partial charge on any atom is 0.187 e. The molecule has 0 aromatic heterocycles. The van der Waals surface area contributed by atoms with Crippen LogP contribution in [0.15, 0.2) is 0 Å². The average molecular weight is 229 g/mol. The van der Waals surface area contributed by atoms with E-state index in [0.29, 0.717) is 12.1 Å². The van der Waals surface area contributed by atoms with E-state index in [1.54, 1.807) is 0 Å². The van der Waals surface area contributed by atoms with E-state index in [9.17, 15) is 0 Å². The normalized spacial score (nSPS) is 28.4. The minimum atomic E-state index is -1.42. The molecular weight excluding hydrogens is 202 g/mol. The van der Waals surface area contributed by atoms with Crippen LogP contribution in [0.25, 0.3) is 0 Å². The van der Waals surface area contributed by atoms with Gasteiger partial charge in [-0.05, 0) is 50.7 Å². The van der Waals surface area contributed by atoms with E-state index in [2.05, 4.69) is 26.9 Å². The molecule has 2 nitrogen and oxygen atoms in total. The van der Waals surface area contributed by atoms with E-state index in [4.69, 9.17) is 10.2 Å². The molecule has 0 unspecified atom stereocenters. The van der Waals surface area contributed by atoms with E-state index in [1.807, 2.05) is 0 Å². The third-order valence-electron chi connectivity index (χ3n) is 3.10. The maximum absolute atomic E-state index is 6.32. The van der Waals surface area contributed by atoms with Crippen molar-refractivity contribution in [3.05, 3.63) is 0 Å². The van der Waals surface area contributed by atoms with Crippen LogP contribution in [-0.2, 0) is 4.43 Å². The fourth-order valence-corrected chi connectivity index (χ4v) is 5.89. The number of nitrogens with two attached hydrogens (primary N) is 1. The first-order valence-electron chi connectivity index (χ1n) is 6.32. The van der Waals surface area contributed by atoms with E-state index in [-0.39, 0.29) is 0 Å². The van der Waals surface area contributed by atoms with Crippen molar-refractivity contribution in [2.24, 2.45) is 11.7 Å². The fraction of sp³-hybridized carbons (Fsp3) is 1.00. The minimum Gasteiger partial charge on any atom is -0.414 e. The highest BCUT2D eigenvalue weighted by Gasteiger charge is 2.29. The number of hydrogen-bond acceptors (Lipinski definition) is 2. The van der Waals surface area contributed by atoms with Crippen LogP contribution in [0.3, 0.4) is 0 Å². The summed E-state index contributed by atoms with van der Waals surface area (Å²) < 4.78 is 6.32. The lowest BCUT2D eigenvalue weighted by Gasteiger charge is -2.34. The Morgan fingerprint density at radius 2 is 1.73 bits per heavy atom. The Kier molecular flexibility index (Phi) is 4.81. The molecule has 1 aliphatic carbocycles. The Hall–Kier alpha value is 0.137. The molecule has 0 atom stereocenters. The quantitative estimate of drug-likeness (QED) is 0.752. The number of hydrogen-bond donors (Lipinski definition) is 1. The van der Waals surface area contributed by atoms with Gasteiger partial charge in [-0.15, -0.1) is 0 Å². The standard InChI is InChI=1S/C12H27NOSi/c1-10(2)9-15(3,4)14-12-7-5-11(13)6-8-12/h10-12H,5-9,13H2,1-4H3. The zero-order valence-electron chi connectivity index (χ0n) is 10.8. The summed E-state index contributed by atoms with van der Waals surface area (Å²) in [5, 5.41) is 0. The first kappa shape index (κ1) is 13.2. The van der Waals surface area contributed by atoms with Gasteiger partial charge >= 0.3 is 0 Å². The van der Waals surface area contributed by atoms with Crippen molar-refractivity contribution < 1.29 is 4.43 Å². The van der Waals surface area contributed by atoms with Gasteiger partial charge in [0.05, 0.1) is 0 Å².